The molecule has 28 heavy (non-hydrogen) atoms. The molecule has 4 rings (SSSR count). The Labute approximate surface area is 164 Å². The van der Waals surface area contributed by atoms with E-state index in [1.807, 2.05) is 65.3 Å². The van der Waals surface area contributed by atoms with E-state index in [-0.39, 0.29) is 0 Å². The minimum atomic E-state index is -0.458. The fourth-order valence-electron chi connectivity index (χ4n) is 3.24. The van der Waals surface area contributed by atoms with E-state index in [4.69, 9.17) is 9.31 Å². The third-order valence-electron chi connectivity index (χ3n) is 5.50. The minimum Gasteiger partial charge on any atom is -0.400 e. The molecule has 0 aliphatic carbocycles. The van der Waals surface area contributed by atoms with Crippen LogP contribution < -0.4 is 0 Å². The maximum absolute atomic E-state index is 9.47. The molecule has 8 heteroatoms. The lowest BCUT2D eigenvalue weighted by atomic mass is 9.88. The summed E-state index contributed by atoms with van der Waals surface area (Å²) in [6.07, 6.45) is 9.16. The summed E-state index contributed by atoms with van der Waals surface area (Å²) in [6, 6.07) is 4.24. The molecule has 0 amide bonds. The van der Waals surface area contributed by atoms with Gasteiger partial charge < -0.3 is 9.31 Å². The van der Waals surface area contributed by atoms with Gasteiger partial charge in [-0.15, -0.1) is 0 Å². The van der Waals surface area contributed by atoms with Gasteiger partial charge in [-0.3, -0.25) is 4.68 Å². The maximum Gasteiger partial charge on any atom is 0.487 e. The summed E-state index contributed by atoms with van der Waals surface area (Å²) in [5, 5.41) is 18.0. The van der Waals surface area contributed by atoms with Crippen LogP contribution in [0.4, 0.5) is 0 Å². The highest BCUT2D eigenvalue weighted by atomic mass is 16.7. The first kappa shape index (κ1) is 18.5. The Bertz CT molecular complexity index is 1100. The normalized spacial score (nSPS) is 18.2. The monoisotopic (exact) mass is 375 g/mol. The summed E-state index contributed by atoms with van der Waals surface area (Å²) in [5.74, 6) is 1.88. The first-order chi connectivity index (χ1) is 13.2. The topological polar surface area (TPSA) is 77.4 Å². The number of rotatable bonds is 3. The van der Waals surface area contributed by atoms with Gasteiger partial charge in [0, 0.05) is 36.1 Å². The minimum absolute atomic E-state index is 0.399. The maximum atomic E-state index is 9.47. The van der Waals surface area contributed by atoms with E-state index in [1.165, 1.54) is 0 Å². The average molecular weight is 375 g/mol. The molecule has 1 aliphatic rings. The number of nitriles is 1. The summed E-state index contributed by atoms with van der Waals surface area (Å²) in [6.45, 7) is 8.08. The largest absolute Gasteiger partial charge is 0.487 e. The lowest BCUT2D eigenvalue weighted by Gasteiger charge is -2.32. The van der Waals surface area contributed by atoms with E-state index in [0.717, 1.165) is 22.2 Å². The Morgan fingerprint density at radius 1 is 1.07 bits per heavy atom. The molecule has 0 aromatic carbocycles. The van der Waals surface area contributed by atoms with Crippen molar-refractivity contribution in [3.63, 3.8) is 0 Å². The van der Waals surface area contributed by atoms with E-state index < -0.39 is 18.3 Å². The van der Waals surface area contributed by atoms with E-state index in [1.54, 1.807) is 21.6 Å². The second-order valence-corrected chi connectivity index (χ2v) is 8.03. The highest BCUT2D eigenvalue weighted by Gasteiger charge is 2.50. The Morgan fingerprint density at radius 3 is 2.39 bits per heavy atom. The highest BCUT2D eigenvalue weighted by Crippen LogP contribution is 2.37. The highest BCUT2D eigenvalue weighted by molar-refractivity contribution is 6.52. The Morgan fingerprint density at radius 2 is 1.79 bits per heavy atom. The molecule has 7 nitrogen and oxygen atoms in total. The number of hydrogen-bond acceptors (Lipinski definition) is 5. The second-order valence-electron chi connectivity index (χ2n) is 8.03. The molecule has 3 aromatic rings. The predicted octanol–water partition coefficient (Wildman–Crippen LogP) is 3.25. The van der Waals surface area contributed by atoms with Gasteiger partial charge in [0.15, 0.2) is 0 Å². The molecule has 1 fully saturated rings. The molecule has 0 bridgehead atoms. The van der Waals surface area contributed by atoms with Crippen molar-refractivity contribution in [2.45, 2.75) is 38.9 Å². The predicted molar refractivity (Wildman–Crippen MR) is 107 cm³/mol. The van der Waals surface area contributed by atoms with E-state index in [9.17, 15) is 5.26 Å². The van der Waals surface area contributed by atoms with Crippen LogP contribution in [-0.4, -0.2) is 37.7 Å². The van der Waals surface area contributed by atoms with Crippen molar-refractivity contribution in [2.75, 3.05) is 0 Å². The molecular weight excluding hydrogens is 353 g/mol. The smallest absolute Gasteiger partial charge is 0.400 e. The van der Waals surface area contributed by atoms with Gasteiger partial charge >= 0.3 is 7.12 Å². The summed E-state index contributed by atoms with van der Waals surface area (Å²) in [4.78, 5) is 0. The molecule has 0 N–H and O–H groups in total. The van der Waals surface area contributed by atoms with Crippen LogP contribution in [0.15, 0.2) is 36.8 Å². The van der Waals surface area contributed by atoms with Gasteiger partial charge in [-0.1, -0.05) is 12.1 Å². The third-order valence-corrected chi connectivity index (χ3v) is 5.50. The van der Waals surface area contributed by atoms with Gasteiger partial charge in [0.25, 0.3) is 0 Å². The van der Waals surface area contributed by atoms with Crippen molar-refractivity contribution in [3.8, 4) is 17.2 Å². The van der Waals surface area contributed by atoms with Crippen molar-refractivity contribution >= 4 is 18.7 Å². The third kappa shape index (κ3) is 3.03. The van der Waals surface area contributed by atoms with Crippen molar-refractivity contribution in [1.82, 2.24) is 19.4 Å². The average Bonchev–Trinajstić information content (AvgIpc) is 3.28. The lowest BCUT2D eigenvalue weighted by molar-refractivity contribution is 0.00578. The zero-order valence-electron chi connectivity index (χ0n) is 16.7. The Balaban J connectivity index is 1.77. The van der Waals surface area contributed by atoms with E-state index in [2.05, 4.69) is 16.3 Å². The fraction of sp³-hybridized carbons (Fsp3) is 0.350. The molecule has 0 atom stereocenters. The van der Waals surface area contributed by atoms with Crippen LogP contribution in [0.1, 0.15) is 38.8 Å². The van der Waals surface area contributed by atoms with Gasteiger partial charge in [0.05, 0.1) is 34.7 Å². The fourth-order valence-corrected chi connectivity index (χ4v) is 3.24. The summed E-state index contributed by atoms with van der Waals surface area (Å²) in [5.41, 5.74) is 3.27. The quantitative estimate of drug-likeness (QED) is 0.657. The Hall–Kier alpha value is -2.89. The van der Waals surface area contributed by atoms with Crippen LogP contribution in [-0.2, 0) is 16.4 Å². The number of nitrogens with zero attached hydrogens (tertiary/aromatic N) is 5. The number of aryl methyl sites for hydroxylation is 1. The summed E-state index contributed by atoms with van der Waals surface area (Å²) < 4.78 is 15.6. The SMILES string of the molecule is Cn1cc(-c2cc(/C=C/B3OC(C)(C)C(C)(C)O3)c3c(C#N)cnn3c2)cn1. The molecule has 0 spiro atoms. The van der Waals surface area contributed by atoms with Crippen LogP contribution in [0.5, 0.6) is 0 Å². The molecular formula is C20H22BN5O2. The van der Waals surface area contributed by atoms with Crippen LogP contribution in [0, 0.1) is 11.3 Å². The summed E-state index contributed by atoms with van der Waals surface area (Å²) in [7, 11) is 1.42. The first-order valence-electron chi connectivity index (χ1n) is 9.14. The summed E-state index contributed by atoms with van der Waals surface area (Å²) >= 11 is 0. The van der Waals surface area contributed by atoms with E-state index >= 15 is 0 Å². The standard InChI is InChI=1S/C20H22BN5O2/c1-19(2)20(3,4)28-21(27-19)7-6-14-8-15(17-11-23-25(5)12-17)13-26-18(14)16(9-22)10-24-26/h6-8,10-13H,1-5H3/b7-6+. The molecule has 4 heterocycles. The van der Waals surface area contributed by atoms with Gasteiger partial charge in [-0.05, 0) is 33.8 Å². The Kier molecular flexibility index (Phi) is 4.18. The van der Waals surface area contributed by atoms with Gasteiger partial charge in [0.2, 0.25) is 0 Å². The van der Waals surface area contributed by atoms with Gasteiger partial charge in [-0.2, -0.15) is 15.5 Å². The number of pyridine rings is 1. The lowest BCUT2D eigenvalue weighted by Crippen LogP contribution is -2.41. The molecule has 1 saturated heterocycles. The molecule has 1 aliphatic heterocycles. The van der Waals surface area contributed by atoms with Gasteiger partial charge in [-0.25, -0.2) is 4.52 Å². The molecule has 142 valence electrons. The van der Waals surface area contributed by atoms with Crippen molar-refractivity contribution in [2.24, 2.45) is 7.05 Å². The second kappa shape index (κ2) is 6.33. The first-order valence-corrected chi connectivity index (χ1v) is 9.14. The van der Waals surface area contributed by atoms with Crippen molar-refractivity contribution < 1.29 is 9.31 Å². The zero-order chi connectivity index (χ0) is 20.1. The molecule has 0 unspecified atom stereocenters. The number of aromatic nitrogens is 4. The zero-order valence-corrected chi connectivity index (χ0v) is 16.7. The van der Waals surface area contributed by atoms with Crippen LogP contribution in [0.3, 0.4) is 0 Å². The van der Waals surface area contributed by atoms with E-state index in [0.29, 0.717) is 5.56 Å². The van der Waals surface area contributed by atoms with Crippen LogP contribution in [0.25, 0.3) is 22.7 Å². The number of fused-ring (bicyclic) bond motifs is 1. The van der Waals surface area contributed by atoms with Crippen molar-refractivity contribution in [1.29, 1.82) is 5.26 Å². The van der Waals surface area contributed by atoms with Crippen molar-refractivity contribution in [3.05, 3.63) is 48.0 Å². The molecule has 0 radical (unpaired) electrons. The van der Waals surface area contributed by atoms with Crippen LogP contribution in [0.2, 0.25) is 0 Å². The molecule has 3 aromatic heterocycles. The van der Waals surface area contributed by atoms with Gasteiger partial charge in [0.1, 0.15) is 6.07 Å². The number of hydrogen-bond donors (Lipinski definition) is 0. The molecule has 0 saturated carbocycles. The van der Waals surface area contributed by atoms with Crippen LogP contribution >= 0.6 is 0 Å².